The summed E-state index contributed by atoms with van der Waals surface area (Å²) in [5, 5.41) is 15.3. The molecule has 10 nitrogen and oxygen atoms in total. The summed E-state index contributed by atoms with van der Waals surface area (Å²) in [7, 11) is -3.10. The van der Waals surface area contributed by atoms with Crippen molar-refractivity contribution >= 4 is 38.2 Å². The van der Waals surface area contributed by atoms with Gasteiger partial charge < -0.3 is 19.9 Å². The number of fused-ring (bicyclic) bond motifs is 2. The standard InChI is InChI=1S/C28H34N4O6S/c1-7-28(5,34)21-14-30-25(37-16-10-17(11-16)39(6,35)36)20-13-29-23(12-19(20)21)31-22-9-8-18-24(32-22)15(2)27(3,4)38-26(18)33/h8-9,12-17,34H,7,10-11H2,1-6H3,(H,29,31,32)/t15-,16?,17?,28?/m1/s1. The molecule has 0 aromatic carbocycles. The third kappa shape index (κ3) is 5.05. The van der Waals surface area contributed by atoms with Crippen molar-refractivity contribution < 1.29 is 27.8 Å². The Morgan fingerprint density at radius 2 is 1.90 bits per heavy atom. The Hall–Kier alpha value is -3.31. The molecule has 3 aromatic rings. The lowest BCUT2D eigenvalue weighted by molar-refractivity contribution is -0.0189. The maximum atomic E-state index is 12.5. The zero-order chi connectivity index (χ0) is 28.3. The van der Waals surface area contributed by atoms with Crippen molar-refractivity contribution in [2.45, 2.75) is 82.4 Å². The van der Waals surface area contributed by atoms with E-state index in [4.69, 9.17) is 14.5 Å². The molecule has 0 radical (unpaired) electrons. The second kappa shape index (κ2) is 9.41. The molecule has 2 N–H and O–H groups in total. The van der Waals surface area contributed by atoms with Crippen LogP contribution in [0.5, 0.6) is 5.88 Å². The molecule has 1 saturated carbocycles. The second-order valence-electron chi connectivity index (χ2n) is 11.4. The van der Waals surface area contributed by atoms with E-state index in [1.54, 1.807) is 31.5 Å². The van der Waals surface area contributed by atoms with Crippen LogP contribution in [0.1, 0.15) is 81.4 Å². The molecule has 2 atom stereocenters. The molecule has 1 aliphatic carbocycles. The number of aromatic nitrogens is 3. The molecule has 5 rings (SSSR count). The average Bonchev–Trinajstić information content (AvgIpc) is 2.83. The van der Waals surface area contributed by atoms with Gasteiger partial charge in [-0.3, -0.25) is 0 Å². The summed E-state index contributed by atoms with van der Waals surface area (Å²) in [6, 6.07) is 5.22. The quantitative estimate of drug-likeness (QED) is 0.404. The summed E-state index contributed by atoms with van der Waals surface area (Å²) in [5.41, 5.74) is -0.0996. The molecule has 0 saturated heterocycles. The summed E-state index contributed by atoms with van der Waals surface area (Å²) >= 11 is 0. The van der Waals surface area contributed by atoms with E-state index < -0.39 is 32.3 Å². The fourth-order valence-corrected chi connectivity index (χ4v) is 6.03. The molecular weight excluding hydrogens is 520 g/mol. The lowest BCUT2D eigenvalue weighted by atomic mass is 9.84. The molecule has 0 spiro atoms. The SMILES string of the molecule is CCC(C)(O)c1cnc(OC2CC(S(C)(=O)=O)C2)c2cnc(Nc3ccc4c(n3)[C@@H](C)C(C)(C)OC4=O)cc12. The highest BCUT2D eigenvalue weighted by Crippen LogP contribution is 2.39. The van der Waals surface area contributed by atoms with Crippen molar-refractivity contribution in [3.05, 3.63) is 47.4 Å². The Balaban J connectivity index is 1.49. The summed E-state index contributed by atoms with van der Waals surface area (Å²) in [6.07, 6.45) is 5.50. The number of nitrogens with zero attached hydrogens (tertiary/aromatic N) is 3. The zero-order valence-electron chi connectivity index (χ0n) is 23.0. The topological polar surface area (TPSA) is 141 Å². The van der Waals surface area contributed by atoms with Gasteiger partial charge in [-0.05, 0) is 50.8 Å². The maximum Gasteiger partial charge on any atom is 0.340 e. The first-order valence-electron chi connectivity index (χ1n) is 13.1. The Labute approximate surface area is 228 Å². The second-order valence-corrected chi connectivity index (χ2v) is 13.7. The van der Waals surface area contributed by atoms with Gasteiger partial charge in [-0.2, -0.15) is 0 Å². The van der Waals surface area contributed by atoms with Gasteiger partial charge in [0.25, 0.3) is 0 Å². The highest BCUT2D eigenvalue weighted by atomic mass is 32.2. The van der Waals surface area contributed by atoms with Gasteiger partial charge in [0.05, 0.1) is 27.5 Å². The number of pyridine rings is 3. The molecule has 1 fully saturated rings. The minimum absolute atomic E-state index is 0.109. The fraction of sp³-hybridized carbons (Fsp3) is 0.500. The van der Waals surface area contributed by atoms with Crippen molar-refractivity contribution in [3.63, 3.8) is 0 Å². The molecule has 11 heteroatoms. The zero-order valence-corrected chi connectivity index (χ0v) is 23.8. The molecule has 0 bridgehead atoms. The third-order valence-corrected chi connectivity index (χ3v) is 9.74. The van der Waals surface area contributed by atoms with E-state index in [1.165, 1.54) is 6.26 Å². The van der Waals surface area contributed by atoms with E-state index in [-0.39, 0.29) is 12.0 Å². The van der Waals surface area contributed by atoms with E-state index in [0.29, 0.717) is 64.4 Å². The van der Waals surface area contributed by atoms with Crippen LogP contribution in [0.15, 0.2) is 30.6 Å². The molecule has 1 aliphatic heterocycles. The number of anilines is 2. The lowest BCUT2D eigenvalue weighted by Crippen LogP contribution is -2.42. The number of hydrogen-bond acceptors (Lipinski definition) is 10. The number of sulfone groups is 1. The minimum Gasteiger partial charge on any atom is -0.474 e. The van der Waals surface area contributed by atoms with E-state index in [1.807, 2.05) is 33.8 Å². The van der Waals surface area contributed by atoms with Crippen LogP contribution in [0, 0.1) is 0 Å². The molecular formula is C28H34N4O6S. The lowest BCUT2D eigenvalue weighted by Gasteiger charge is -2.36. The first kappa shape index (κ1) is 27.3. The monoisotopic (exact) mass is 554 g/mol. The molecule has 4 heterocycles. The van der Waals surface area contributed by atoms with Gasteiger partial charge in [-0.1, -0.05) is 13.8 Å². The maximum absolute atomic E-state index is 12.5. The van der Waals surface area contributed by atoms with Gasteiger partial charge in [-0.15, -0.1) is 0 Å². The van der Waals surface area contributed by atoms with Crippen molar-refractivity contribution in [1.29, 1.82) is 0 Å². The number of carbonyl (C=O) groups excluding carboxylic acids is 1. The van der Waals surface area contributed by atoms with Crippen LogP contribution in [0.2, 0.25) is 0 Å². The smallest absolute Gasteiger partial charge is 0.340 e. The summed E-state index contributed by atoms with van der Waals surface area (Å²) in [6.45, 7) is 9.33. The number of ether oxygens (including phenoxy) is 2. The van der Waals surface area contributed by atoms with Gasteiger partial charge in [0, 0.05) is 43.0 Å². The van der Waals surface area contributed by atoms with Crippen LogP contribution in [-0.2, 0) is 20.2 Å². The Kier molecular flexibility index (Phi) is 6.58. The van der Waals surface area contributed by atoms with E-state index >= 15 is 0 Å². The van der Waals surface area contributed by atoms with Gasteiger partial charge in [0.1, 0.15) is 23.3 Å². The summed E-state index contributed by atoms with van der Waals surface area (Å²) in [4.78, 5) is 26.2. The number of cyclic esters (lactones) is 1. The first-order valence-corrected chi connectivity index (χ1v) is 15.0. The Morgan fingerprint density at radius 1 is 1.18 bits per heavy atom. The van der Waals surface area contributed by atoms with E-state index in [2.05, 4.69) is 15.3 Å². The van der Waals surface area contributed by atoms with Crippen LogP contribution in [0.4, 0.5) is 11.6 Å². The first-order chi connectivity index (χ1) is 18.2. The minimum atomic E-state index is -3.10. The molecule has 2 aliphatic rings. The van der Waals surface area contributed by atoms with Crippen LogP contribution in [0.25, 0.3) is 10.8 Å². The van der Waals surface area contributed by atoms with Crippen molar-refractivity contribution in [1.82, 2.24) is 15.0 Å². The third-order valence-electron chi connectivity index (χ3n) is 8.15. The van der Waals surface area contributed by atoms with Crippen LogP contribution < -0.4 is 10.1 Å². The number of aliphatic hydroxyl groups is 1. The average molecular weight is 555 g/mol. The molecule has 208 valence electrons. The molecule has 39 heavy (non-hydrogen) atoms. The highest BCUT2D eigenvalue weighted by molar-refractivity contribution is 7.91. The highest BCUT2D eigenvalue weighted by Gasteiger charge is 2.40. The number of rotatable bonds is 7. The molecule has 0 amide bonds. The number of carbonyl (C=O) groups is 1. The van der Waals surface area contributed by atoms with Gasteiger partial charge >= 0.3 is 5.97 Å². The van der Waals surface area contributed by atoms with Crippen molar-refractivity contribution in [2.75, 3.05) is 11.6 Å². The van der Waals surface area contributed by atoms with Crippen LogP contribution >= 0.6 is 0 Å². The van der Waals surface area contributed by atoms with Gasteiger partial charge in [0.15, 0.2) is 9.84 Å². The number of nitrogens with one attached hydrogen (secondary N) is 1. The molecule has 3 aromatic heterocycles. The summed E-state index contributed by atoms with van der Waals surface area (Å²) < 4.78 is 35.2. The molecule has 1 unspecified atom stereocenters. The van der Waals surface area contributed by atoms with E-state index in [9.17, 15) is 18.3 Å². The van der Waals surface area contributed by atoms with Gasteiger partial charge in [-0.25, -0.2) is 28.2 Å². The van der Waals surface area contributed by atoms with Crippen LogP contribution in [0.3, 0.4) is 0 Å². The van der Waals surface area contributed by atoms with Crippen molar-refractivity contribution in [2.24, 2.45) is 0 Å². The predicted molar refractivity (Wildman–Crippen MR) is 147 cm³/mol. The normalized spacial score (nSPS) is 23.8. The van der Waals surface area contributed by atoms with Crippen molar-refractivity contribution in [3.8, 4) is 5.88 Å². The van der Waals surface area contributed by atoms with Gasteiger partial charge in [0.2, 0.25) is 5.88 Å². The number of esters is 1. The fourth-order valence-electron chi connectivity index (χ4n) is 4.90. The van der Waals surface area contributed by atoms with Crippen LogP contribution in [-0.4, -0.2) is 57.7 Å². The predicted octanol–water partition coefficient (Wildman–Crippen LogP) is 4.39. The Morgan fingerprint density at radius 3 is 2.56 bits per heavy atom. The summed E-state index contributed by atoms with van der Waals surface area (Å²) in [5.74, 6) is 0.858. The van der Waals surface area contributed by atoms with E-state index in [0.717, 1.165) is 0 Å². The number of hydrogen-bond donors (Lipinski definition) is 2. The Bertz CT molecular complexity index is 1560. The largest absolute Gasteiger partial charge is 0.474 e.